The van der Waals surface area contributed by atoms with Crippen molar-refractivity contribution in [2.45, 2.75) is 30.3 Å². The minimum absolute atomic E-state index is 0.174. The van der Waals surface area contributed by atoms with E-state index in [1.54, 1.807) is 38.3 Å². The molecule has 0 fully saturated rings. The molecule has 1 heterocycles. The number of rotatable bonds is 7. The van der Waals surface area contributed by atoms with Gasteiger partial charge in [0.2, 0.25) is 5.91 Å². The number of carbonyl (C=O) groups is 2. The van der Waals surface area contributed by atoms with Crippen LogP contribution in [-0.2, 0) is 16.1 Å². The van der Waals surface area contributed by atoms with E-state index >= 15 is 0 Å². The smallest absolute Gasteiger partial charge is 0.318 e. The zero-order valence-corrected chi connectivity index (χ0v) is 14.8. The number of amides is 3. The molecule has 0 unspecified atom stereocenters. The molecule has 1 atom stereocenters. The highest BCUT2D eigenvalue weighted by Gasteiger charge is 2.20. The van der Waals surface area contributed by atoms with Gasteiger partial charge in [0.25, 0.3) is 5.56 Å². The number of nitrogens with zero attached hydrogens (tertiary/aromatic N) is 2. The Hall–Kier alpha value is -2.39. The molecule has 0 aliphatic carbocycles. The van der Waals surface area contributed by atoms with E-state index in [9.17, 15) is 14.4 Å². The Labute approximate surface area is 148 Å². The van der Waals surface area contributed by atoms with Gasteiger partial charge in [-0.15, -0.1) is 0 Å². The molecule has 3 N–H and O–H groups in total. The minimum atomic E-state index is -0.915. The molecule has 0 spiro atoms. The molecule has 1 aromatic carbocycles. The van der Waals surface area contributed by atoms with Crippen LogP contribution in [0.3, 0.4) is 0 Å². The Balaban J connectivity index is 2.38. The molecule has 0 bridgehead atoms. The van der Waals surface area contributed by atoms with Gasteiger partial charge in [0, 0.05) is 20.3 Å². The van der Waals surface area contributed by atoms with Gasteiger partial charge in [-0.05, 0) is 25.5 Å². The number of fused-ring (bicyclic) bond motifs is 1. The van der Waals surface area contributed by atoms with Gasteiger partial charge in [0.05, 0.1) is 16.2 Å². The Morgan fingerprint density at radius 2 is 2.12 bits per heavy atom. The van der Waals surface area contributed by atoms with Crippen LogP contribution >= 0.6 is 11.8 Å². The topological polar surface area (TPSA) is 116 Å². The molecular weight excluding hydrogens is 344 g/mol. The fourth-order valence-electron chi connectivity index (χ4n) is 2.24. The van der Waals surface area contributed by atoms with Crippen molar-refractivity contribution in [3.63, 3.8) is 0 Å². The summed E-state index contributed by atoms with van der Waals surface area (Å²) in [7, 11) is 1.59. The quantitative estimate of drug-likeness (QED) is 0.432. The summed E-state index contributed by atoms with van der Waals surface area (Å²) >= 11 is 1.10. The zero-order chi connectivity index (χ0) is 18.4. The van der Waals surface area contributed by atoms with E-state index in [4.69, 9.17) is 10.5 Å². The summed E-state index contributed by atoms with van der Waals surface area (Å²) in [6.45, 7) is 2.53. The predicted molar refractivity (Wildman–Crippen MR) is 95.5 cm³/mol. The number of imide groups is 1. The third-order valence-electron chi connectivity index (χ3n) is 3.45. The third kappa shape index (κ3) is 4.80. The average molecular weight is 364 g/mol. The number of hydrogen-bond acceptors (Lipinski definition) is 6. The number of thioether (sulfide) groups is 1. The van der Waals surface area contributed by atoms with Crippen LogP contribution in [0.5, 0.6) is 0 Å². The number of primary amides is 1. The van der Waals surface area contributed by atoms with Crippen LogP contribution in [0.15, 0.2) is 34.2 Å². The Morgan fingerprint density at radius 3 is 2.80 bits per heavy atom. The molecular formula is C16H20N4O4S. The number of nitrogens with one attached hydrogen (secondary N) is 1. The van der Waals surface area contributed by atoms with Crippen LogP contribution < -0.4 is 16.6 Å². The summed E-state index contributed by atoms with van der Waals surface area (Å²) < 4.78 is 6.56. The van der Waals surface area contributed by atoms with E-state index < -0.39 is 17.2 Å². The summed E-state index contributed by atoms with van der Waals surface area (Å²) in [6, 6.07) is 6.12. The average Bonchev–Trinajstić information content (AvgIpc) is 2.57. The summed E-state index contributed by atoms with van der Waals surface area (Å²) in [5.74, 6) is -0.539. The van der Waals surface area contributed by atoms with E-state index in [-0.39, 0.29) is 5.56 Å². The summed E-state index contributed by atoms with van der Waals surface area (Å²) in [4.78, 5) is 40.0. The number of methoxy groups -OCH3 is 1. The van der Waals surface area contributed by atoms with Gasteiger partial charge in [-0.25, -0.2) is 9.78 Å². The second kappa shape index (κ2) is 8.63. The van der Waals surface area contributed by atoms with E-state index in [1.807, 2.05) is 5.32 Å². The maximum absolute atomic E-state index is 12.8. The van der Waals surface area contributed by atoms with Crippen molar-refractivity contribution in [3.05, 3.63) is 34.6 Å². The molecule has 2 aromatic rings. The number of nitrogens with two attached hydrogens (primary N) is 1. The molecule has 9 heteroatoms. The van der Waals surface area contributed by atoms with E-state index in [0.29, 0.717) is 35.6 Å². The first-order valence-electron chi connectivity index (χ1n) is 7.69. The molecule has 2 rings (SSSR count). The molecule has 0 saturated carbocycles. The number of para-hydroxylation sites is 1. The van der Waals surface area contributed by atoms with Gasteiger partial charge >= 0.3 is 6.03 Å². The fraction of sp³-hybridized carbons (Fsp3) is 0.375. The van der Waals surface area contributed by atoms with Crippen LogP contribution in [0.25, 0.3) is 10.9 Å². The Bertz CT molecular complexity index is 836. The number of hydrogen-bond donors (Lipinski definition) is 2. The van der Waals surface area contributed by atoms with Gasteiger partial charge in [0.15, 0.2) is 5.16 Å². The van der Waals surface area contributed by atoms with E-state index in [2.05, 4.69) is 4.98 Å². The summed E-state index contributed by atoms with van der Waals surface area (Å²) in [5, 5.41) is 2.31. The molecule has 0 saturated heterocycles. The van der Waals surface area contributed by atoms with Crippen molar-refractivity contribution in [1.29, 1.82) is 0 Å². The molecule has 0 aliphatic rings. The molecule has 134 valence electrons. The van der Waals surface area contributed by atoms with Crippen molar-refractivity contribution >= 4 is 34.6 Å². The Morgan fingerprint density at radius 1 is 1.40 bits per heavy atom. The number of urea groups is 1. The molecule has 0 radical (unpaired) electrons. The lowest BCUT2D eigenvalue weighted by atomic mass is 10.2. The van der Waals surface area contributed by atoms with Gasteiger partial charge in [-0.2, -0.15) is 0 Å². The standard InChI is InChI=1S/C16H20N4O4S/c1-10(13(21)19-15(17)23)25-16-18-12-7-4-3-6-11(12)14(22)20(16)8-5-9-24-2/h3-4,6-7,10H,5,8-9H2,1-2H3,(H3,17,19,21,23)/t10-/m1/s1. The largest absolute Gasteiger partial charge is 0.385 e. The minimum Gasteiger partial charge on any atom is -0.385 e. The first-order valence-corrected chi connectivity index (χ1v) is 8.57. The lowest BCUT2D eigenvalue weighted by Crippen LogP contribution is -2.39. The fourth-order valence-corrected chi connectivity index (χ4v) is 3.17. The highest BCUT2D eigenvalue weighted by atomic mass is 32.2. The van der Waals surface area contributed by atoms with E-state index in [1.165, 1.54) is 4.57 Å². The maximum atomic E-state index is 12.8. The summed E-state index contributed by atoms with van der Waals surface area (Å²) in [5.41, 5.74) is 5.35. The molecule has 25 heavy (non-hydrogen) atoms. The molecule has 3 amide bonds. The lowest BCUT2D eigenvalue weighted by Gasteiger charge is -2.15. The van der Waals surface area contributed by atoms with Gasteiger partial charge < -0.3 is 10.5 Å². The van der Waals surface area contributed by atoms with Crippen molar-refractivity contribution in [1.82, 2.24) is 14.9 Å². The number of aromatic nitrogens is 2. The Kier molecular flexibility index (Phi) is 6.54. The molecule has 1 aromatic heterocycles. The highest BCUT2D eigenvalue weighted by molar-refractivity contribution is 8.00. The van der Waals surface area contributed by atoms with Gasteiger partial charge in [-0.1, -0.05) is 23.9 Å². The number of benzene rings is 1. The summed E-state index contributed by atoms with van der Waals surface area (Å²) in [6.07, 6.45) is 0.631. The molecule has 8 nitrogen and oxygen atoms in total. The zero-order valence-electron chi connectivity index (χ0n) is 14.0. The second-order valence-electron chi connectivity index (χ2n) is 5.33. The van der Waals surface area contributed by atoms with Crippen molar-refractivity contribution in [3.8, 4) is 0 Å². The van der Waals surface area contributed by atoms with E-state index in [0.717, 1.165) is 11.8 Å². The van der Waals surface area contributed by atoms with Crippen LogP contribution in [0.4, 0.5) is 4.79 Å². The van der Waals surface area contributed by atoms with Crippen molar-refractivity contribution in [2.24, 2.45) is 5.73 Å². The number of ether oxygens (including phenoxy) is 1. The lowest BCUT2D eigenvalue weighted by molar-refractivity contribution is -0.119. The van der Waals surface area contributed by atoms with Crippen LogP contribution in [0.2, 0.25) is 0 Å². The van der Waals surface area contributed by atoms with Gasteiger partial charge in [0.1, 0.15) is 0 Å². The normalized spacial score (nSPS) is 12.1. The number of carbonyl (C=O) groups excluding carboxylic acids is 2. The monoisotopic (exact) mass is 364 g/mol. The first-order chi connectivity index (χ1) is 11.9. The SMILES string of the molecule is COCCCn1c(S[C@H](C)C(=O)NC(N)=O)nc2ccccc2c1=O. The predicted octanol–water partition coefficient (Wildman–Crippen LogP) is 1.11. The van der Waals surface area contributed by atoms with Crippen molar-refractivity contribution < 1.29 is 14.3 Å². The van der Waals surface area contributed by atoms with Gasteiger partial charge in [-0.3, -0.25) is 19.5 Å². The highest BCUT2D eigenvalue weighted by Crippen LogP contribution is 2.22. The van der Waals surface area contributed by atoms with Crippen LogP contribution in [0.1, 0.15) is 13.3 Å². The third-order valence-corrected chi connectivity index (χ3v) is 4.54. The van der Waals surface area contributed by atoms with Crippen LogP contribution in [0, 0.1) is 0 Å². The molecule has 0 aliphatic heterocycles. The van der Waals surface area contributed by atoms with Crippen molar-refractivity contribution in [2.75, 3.05) is 13.7 Å². The maximum Gasteiger partial charge on any atom is 0.318 e. The first kappa shape index (κ1) is 18.9. The second-order valence-corrected chi connectivity index (χ2v) is 6.64. The van der Waals surface area contributed by atoms with Crippen LogP contribution in [-0.4, -0.2) is 40.5 Å².